The first kappa shape index (κ1) is 18.4. The highest BCUT2D eigenvalue weighted by Crippen LogP contribution is 2.27. The number of carbonyl (C=O) groups is 2. The fourth-order valence-electron chi connectivity index (χ4n) is 2.06. The second kappa shape index (κ2) is 7.76. The van der Waals surface area contributed by atoms with E-state index >= 15 is 0 Å². The summed E-state index contributed by atoms with van der Waals surface area (Å²) in [5.41, 5.74) is 1.33. The third-order valence-electron chi connectivity index (χ3n) is 3.44. The molecule has 0 saturated heterocycles. The number of carbonyl (C=O) groups excluding carboxylic acids is 2. The van der Waals surface area contributed by atoms with Gasteiger partial charge in [-0.3, -0.25) is 19.7 Å². The largest absolute Gasteiger partial charge is 0.318 e. The molecule has 8 heteroatoms. The first-order valence-electron chi connectivity index (χ1n) is 7.44. The standard InChI is InChI=1S/C17H16ClN3O4/c1-10(2)11-3-5-12(6-4-11)19-16(22)17(23)20-13-7-8-14(18)15(9-13)21(24)25/h3-10H,1-2H3,(H,19,22)(H,20,23). The van der Waals surface area contributed by atoms with Crippen LogP contribution >= 0.6 is 11.6 Å². The number of nitro benzene ring substituents is 1. The Kier molecular flexibility index (Phi) is 5.71. The van der Waals surface area contributed by atoms with Crippen molar-refractivity contribution in [1.82, 2.24) is 0 Å². The molecule has 7 nitrogen and oxygen atoms in total. The number of rotatable bonds is 4. The van der Waals surface area contributed by atoms with Crippen molar-refractivity contribution in [2.45, 2.75) is 19.8 Å². The lowest BCUT2D eigenvalue weighted by Gasteiger charge is -2.09. The molecular weight excluding hydrogens is 346 g/mol. The van der Waals surface area contributed by atoms with Crippen molar-refractivity contribution >= 4 is 40.5 Å². The van der Waals surface area contributed by atoms with E-state index in [1.54, 1.807) is 12.1 Å². The Labute approximate surface area is 149 Å². The molecule has 0 aliphatic carbocycles. The third kappa shape index (κ3) is 4.77. The average Bonchev–Trinajstić information content (AvgIpc) is 2.56. The molecule has 0 saturated carbocycles. The van der Waals surface area contributed by atoms with E-state index in [9.17, 15) is 19.7 Å². The van der Waals surface area contributed by atoms with Crippen molar-refractivity contribution in [2.24, 2.45) is 0 Å². The average molecular weight is 362 g/mol. The molecule has 0 atom stereocenters. The Balaban J connectivity index is 2.04. The zero-order chi connectivity index (χ0) is 18.6. The topological polar surface area (TPSA) is 101 Å². The molecule has 2 N–H and O–H groups in total. The van der Waals surface area contributed by atoms with Crippen molar-refractivity contribution in [2.75, 3.05) is 10.6 Å². The summed E-state index contributed by atoms with van der Waals surface area (Å²) in [4.78, 5) is 34.0. The van der Waals surface area contributed by atoms with Crippen LogP contribution < -0.4 is 10.6 Å². The van der Waals surface area contributed by atoms with Crippen molar-refractivity contribution in [3.63, 3.8) is 0 Å². The summed E-state index contributed by atoms with van der Waals surface area (Å²) in [6, 6.07) is 10.9. The maximum Gasteiger partial charge on any atom is 0.314 e. The van der Waals surface area contributed by atoms with Crippen LogP contribution in [0.25, 0.3) is 0 Å². The minimum absolute atomic E-state index is 0.0577. The van der Waals surface area contributed by atoms with Crippen LogP contribution in [0.3, 0.4) is 0 Å². The molecule has 130 valence electrons. The molecule has 0 radical (unpaired) electrons. The van der Waals surface area contributed by atoms with E-state index in [2.05, 4.69) is 10.6 Å². The number of halogens is 1. The van der Waals surface area contributed by atoms with E-state index in [1.807, 2.05) is 26.0 Å². The highest BCUT2D eigenvalue weighted by Gasteiger charge is 2.17. The third-order valence-corrected chi connectivity index (χ3v) is 3.76. The number of nitrogens with one attached hydrogen (secondary N) is 2. The van der Waals surface area contributed by atoms with Gasteiger partial charge in [0.05, 0.1) is 4.92 Å². The van der Waals surface area contributed by atoms with Crippen LogP contribution in [0.5, 0.6) is 0 Å². The molecule has 25 heavy (non-hydrogen) atoms. The van der Waals surface area contributed by atoms with Gasteiger partial charge in [-0.15, -0.1) is 0 Å². The number of hydrogen-bond acceptors (Lipinski definition) is 4. The van der Waals surface area contributed by atoms with Crippen LogP contribution in [0.1, 0.15) is 25.3 Å². The number of benzene rings is 2. The van der Waals surface area contributed by atoms with Gasteiger partial charge >= 0.3 is 11.8 Å². The second-order valence-corrected chi connectivity index (χ2v) is 6.02. The Hall–Kier alpha value is -2.93. The minimum Gasteiger partial charge on any atom is -0.318 e. The lowest BCUT2D eigenvalue weighted by Crippen LogP contribution is -2.29. The number of nitrogens with zero attached hydrogens (tertiary/aromatic N) is 1. The predicted octanol–water partition coefficient (Wildman–Crippen LogP) is 3.95. The van der Waals surface area contributed by atoms with Crippen LogP contribution in [0.4, 0.5) is 17.1 Å². The van der Waals surface area contributed by atoms with E-state index in [1.165, 1.54) is 12.1 Å². The lowest BCUT2D eigenvalue weighted by atomic mass is 10.0. The Bertz CT molecular complexity index is 819. The van der Waals surface area contributed by atoms with E-state index in [0.717, 1.165) is 11.6 Å². The van der Waals surface area contributed by atoms with Crippen molar-refractivity contribution in [1.29, 1.82) is 0 Å². The normalized spacial score (nSPS) is 10.4. The Morgan fingerprint density at radius 3 is 2.04 bits per heavy atom. The van der Waals surface area contributed by atoms with E-state index in [4.69, 9.17) is 11.6 Å². The SMILES string of the molecule is CC(C)c1ccc(NC(=O)C(=O)Nc2ccc(Cl)c([N+](=O)[O-])c2)cc1. The summed E-state index contributed by atoms with van der Waals surface area (Å²) >= 11 is 5.70. The highest BCUT2D eigenvalue weighted by atomic mass is 35.5. The molecule has 0 spiro atoms. The van der Waals surface area contributed by atoms with Gasteiger partial charge in [0.1, 0.15) is 5.02 Å². The van der Waals surface area contributed by atoms with Crippen LogP contribution in [0.2, 0.25) is 5.02 Å². The molecule has 0 aliphatic heterocycles. The zero-order valence-corrected chi connectivity index (χ0v) is 14.3. The summed E-state index contributed by atoms with van der Waals surface area (Å²) in [7, 11) is 0. The number of anilines is 2. The molecule has 2 amide bonds. The van der Waals surface area contributed by atoms with Gasteiger partial charge in [0.2, 0.25) is 0 Å². The van der Waals surface area contributed by atoms with Crippen LogP contribution in [-0.4, -0.2) is 16.7 Å². The van der Waals surface area contributed by atoms with Gasteiger partial charge in [-0.2, -0.15) is 0 Å². The molecule has 0 fully saturated rings. The molecule has 0 aliphatic rings. The quantitative estimate of drug-likeness (QED) is 0.489. The van der Waals surface area contributed by atoms with E-state index < -0.39 is 16.7 Å². The Morgan fingerprint density at radius 1 is 1.00 bits per heavy atom. The highest BCUT2D eigenvalue weighted by molar-refractivity contribution is 6.43. The predicted molar refractivity (Wildman–Crippen MR) is 95.9 cm³/mol. The van der Waals surface area contributed by atoms with Crippen molar-refractivity contribution in [3.8, 4) is 0 Å². The number of hydrogen-bond donors (Lipinski definition) is 2. The molecular formula is C17H16ClN3O4. The monoisotopic (exact) mass is 361 g/mol. The second-order valence-electron chi connectivity index (χ2n) is 5.61. The van der Waals surface area contributed by atoms with Crippen LogP contribution in [0, 0.1) is 10.1 Å². The molecule has 2 aromatic rings. The zero-order valence-electron chi connectivity index (χ0n) is 13.6. The van der Waals surface area contributed by atoms with Gasteiger partial charge in [-0.25, -0.2) is 0 Å². The molecule has 0 unspecified atom stereocenters. The summed E-state index contributed by atoms with van der Waals surface area (Å²) < 4.78 is 0. The number of amides is 2. The minimum atomic E-state index is -0.940. The van der Waals surface area contributed by atoms with Gasteiger partial charge in [0.25, 0.3) is 5.69 Å². The maximum atomic E-state index is 11.9. The molecule has 2 aromatic carbocycles. The lowest BCUT2D eigenvalue weighted by molar-refractivity contribution is -0.384. The fourth-order valence-corrected chi connectivity index (χ4v) is 2.24. The van der Waals surface area contributed by atoms with E-state index in [-0.39, 0.29) is 16.4 Å². The maximum absolute atomic E-state index is 11.9. The first-order chi connectivity index (χ1) is 11.8. The summed E-state index contributed by atoms with van der Waals surface area (Å²) in [6.07, 6.45) is 0. The fraction of sp³-hybridized carbons (Fsp3) is 0.176. The van der Waals surface area contributed by atoms with Gasteiger partial charge in [-0.1, -0.05) is 37.6 Å². The van der Waals surface area contributed by atoms with Crippen LogP contribution in [0.15, 0.2) is 42.5 Å². The van der Waals surface area contributed by atoms with Crippen LogP contribution in [-0.2, 0) is 9.59 Å². The molecule has 0 bridgehead atoms. The van der Waals surface area contributed by atoms with E-state index in [0.29, 0.717) is 11.6 Å². The number of nitro groups is 1. The Morgan fingerprint density at radius 2 is 1.52 bits per heavy atom. The van der Waals surface area contributed by atoms with Crippen molar-refractivity contribution < 1.29 is 14.5 Å². The molecule has 0 heterocycles. The smallest absolute Gasteiger partial charge is 0.314 e. The summed E-state index contributed by atoms with van der Waals surface area (Å²) in [5, 5.41) is 15.5. The van der Waals surface area contributed by atoms with Gasteiger partial charge in [0.15, 0.2) is 0 Å². The summed E-state index contributed by atoms with van der Waals surface area (Å²) in [6.45, 7) is 4.10. The van der Waals surface area contributed by atoms with Gasteiger partial charge in [-0.05, 0) is 35.7 Å². The van der Waals surface area contributed by atoms with Gasteiger partial charge < -0.3 is 10.6 Å². The first-order valence-corrected chi connectivity index (χ1v) is 7.82. The van der Waals surface area contributed by atoms with Crippen molar-refractivity contribution in [3.05, 3.63) is 63.2 Å². The molecule has 2 rings (SSSR count). The summed E-state index contributed by atoms with van der Waals surface area (Å²) in [5.74, 6) is -1.46. The van der Waals surface area contributed by atoms with Gasteiger partial charge in [0, 0.05) is 17.4 Å². The molecule has 0 aromatic heterocycles.